The summed E-state index contributed by atoms with van der Waals surface area (Å²) < 4.78 is 43.9. The molecule has 25 heavy (non-hydrogen) atoms. The van der Waals surface area contributed by atoms with Crippen molar-refractivity contribution in [3.05, 3.63) is 65.2 Å². The Balaban J connectivity index is 1.86. The fraction of sp³-hybridized carbons (Fsp3) is 0.278. The third-order valence-corrected chi connectivity index (χ3v) is 5.25. The molecule has 0 aromatic heterocycles. The van der Waals surface area contributed by atoms with Gasteiger partial charge < -0.3 is 9.64 Å². The second-order valence-corrected chi connectivity index (χ2v) is 6.76. The van der Waals surface area contributed by atoms with E-state index in [-0.39, 0.29) is 5.91 Å². The van der Waals surface area contributed by atoms with E-state index in [2.05, 4.69) is 0 Å². The Labute approximate surface area is 147 Å². The summed E-state index contributed by atoms with van der Waals surface area (Å²) in [6.07, 6.45) is -4.40. The highest BCUT2D eigenvalue weighted by Gasteiger charge is 2.34. The van der Waals surface area contributed by atoms with Crippen LogP contribution in [-0.2, 0) is 6.18 Å². The molecule has 1 heterocycles. The Hall–Kier alpha value is -2.15. The van der Waals surface area contributed by atoms with Crippen molar-refractivity contribution < 1.29 is 22.7 Å². The molecule has 1 saturated heterocycles. The summed E-state index contributed by atoms with van der Waals surface area (Å²) >= 11 is 1.47. The molecular formula is C18H16F3NO2S. The molecule has 132 valence electrons. The van der Waals surface area contributed by atoms with E-state index in [9.17, 15) is 18.0 Å². The van der Waals surface area contributed by atoms with Crippen molar-refractivity contribution in [1.29, 1.82) is 0 Å². The molecule has 0 bridgehead atoms. The standard InChI is InChI=1S/C18H16F3NO2S/c1-24-15-7-5-12(6-8-15)16(23)22-9-10-25-17(22)13-3-2-4-14(11-13)18(19,20)21/h2-8,11,17H,9-10H2,1H3/t17-/m0/s1. The van der Waals surface area contributed by atoms with Crippen LogP contribution in [0.1, 0.15) is 26.9 Å². The summed E-state index contributed by atoms with van der Waals surface area (Å²) in [6.45, 7) is 0.496. The van der Waals surface area contributed by atoms with Crippen LogP contribution in [0.15, 0.2) is 48.5 Å². The molecule has 0 unspecified atom stereocenters. The summed E-state index contributed by atoms with van der Waals surface area (Å²) in [5, 5.41) is -0.420. The minimum absolute atomic E-state index is 0.199. The monoisotopic (exact) mass is 367 g/mol. The normalized spacial score (nSPS) is 17.6. The van der Waals surface area contributed by atoms with Crippen LogP contribution in [0.2, 0.25) is 0 Å². The van der Waals surface area contributed by atoms with Crippen LogP contribution in [0.4, 0.5) is 13.2 Å². The van der Waals surface area contributed by atoms with E-state index >= 15 is 0 Å². The second-order valence-electron chi connectivity index (χ2n) is 5.57. The fourth-order valence-electron chi connectivity index (χ4n) is 2.72. The Morgan fingerprint density at radius 1 is 1.20 bits per heavy atom. The smallest absolute Gasteiger partial charge is 0.416 e. The topological polar surface area (TPSA) is 29.5 Å². The molecule has 0 N–H and O–H groups in total. The van der Waals surface area contributed by atoms with Gasteiger partial charge in [0.15, 0.2) is 0 Å². The van der Waals surface area contributed by atoms with E-state index in [0.29, 0.717) is 29.2 Å². The minimum atomic E-state index is -4.40. The van der Waals surface area contributed by atoms with Gasteiger partial charge in [-0.05, 0) is 42.0 Å². The maximum Gasteiger partial charge on any atom is 0.416 e. The molecule has 3 nitrogen and oxygen atoms in total. The molecule has 1 fully saturated rings. The zero-order valence-electron chi connectivity index (χ0n) is 13.4. The number of carbonyl (C=O) groups excluding carboxylic acids is 1. The number of halogens is 3. The number of hydrogen-bond donors (Lipinski definition) is 0. The van der Waals surface area contributed by atoms with Gasteiger partial charge in [-0.2, -0.15) is 13.2 Å². The zero-order chi connectivity index (χ0) is 18.0. The second kappa shape index (κ2) is 7.00. The summed E-state index contributed by atoms with van der Waals surface area (Å²) in [6, 6.07) is 11.9. The molecule has 0 spiro atoms. The van der Waals surface area contributed by atoms with Crippen LogP contribution in [0.3, 0.4) is 0 Å². The van der Waals surface area contributed by atoms with Gasteiger partial charge in [-0.15, -0.1) is 11.8 Å². The molecule has 1 aliphatic heterocycles. The number of amides is 1. The minimum Gasteiger partial charge on any atom is -0.497 e. The van der Waals surface area contributed by atoms with Crippen molar-refractivity contribution in [3.8, 4) is 5.75 Å². The van der Waals surface area contributed by atoms with Crippen molar-refractivity contribution in [2.75, 3.05) is 19.4 Å². The highest BCUT2D eigenvalue weighted by atomic mass is 32.2. The first kappa shape index (κ1) is 17.7. The lowest BCUT2D eigenvalue weighted by atomic mass is 10.1. The Morgan fingerprint density at radius 3 is 2.56 bits per heavy atom. The van der Waals surface area contributed by atoms with Crippen molar-refractivity contribution >= 4 is 17.7 Å². The van der Waals surface area contributed by atoms with E-state index < -0.39 is 17.1 Å². The van der Waals surface area contributed by atoms with Crippen molar-refractivity contribution in [2.45, 2.75) is 11.6 Å². The number of alkyl halides is 3. The zero-order valence-corrected chi connectivity index (χ0v) is 14.2. The number of carbonyl (C=O) groups is 1. The Morgan fingerprint density at radius 2 is 1.92 bits per heavy atom. The molecular weight excluding hydrogens is 351 g/mol. The Kier molecular flexibility index (Phi) is 4.94. The molecule has 2 aromatic carbocycles. The summed E-state index contributed by atoms with van der Waals surface area (Å²) in [5.74, 6) is 1.12. The average Bonchev–Trinajstić information content (AvgIpc) is 3.10. The largest absolute Gasteiger partial charge is 0.497 e. The van der Waals surface area contributed by atoms with E-state index in [0.717, 1.165) is 12.1 Å². The maximum absolute atomic E-state index is 12.9. The van der Waals surface area contributed by atoms with Gasteiger partial charge >= 0.3 is 6.18 Å². The van der Waals surface area contributed by atoms with Gasteiger partial charge in [0.25, 0.3) is 5.91 Å². The first-order chi connectivity index (χ1) is 11.9. The molecule has 0 saturated carbocycles. The van der Waals surface area contributed by atoms with Crippen LogP contribution in [-0.4, -0.2) is 30.2 Å². The van der Waals surface area contributed by atoms with Gasteiger partial charge in [0.1, 0.15) is 11.1 Å². The lowest BCUT2D eigenvalue weighted by molar-refractivity contribution is -0.137. The van der Waals surface area contributed by atoms with Crippen LogP contribution in [0, 0.1) is 0 Å². The van der Waals surface area contributed by atoms with Gasteiger partial charge in [0, 0.05) is 17.9 Å². The highest BCUT2D eigenvalue weighted by molar-refractivity contribution is 7.99. The molecule has 2 aromatic rings. The first-order valence-corrected chi connectivity index (χ1v) is 8.69. The number of thioether (sulfide) groups is 1. The van der Waals surface area contributed by atoms with E-state index in [1.807, 2.05) is 0 Å². The summed E-state index contributed by atoms with van der Waals surface area (Å²) in [5.41, 5.74) is 0.272. The highest BCUT2D eigenvalue weighted by Crippen LogP contribution is 2.40. The molecule has 0 radical (unpaired) electrons. The van der Waals surface area contributed by atoms with Gasteiger partial charge in [-0.3, -0.25) is 4.79 Å². The number of hydrogen-bond acceptors (Lipinski definition) is 3. The van der Waals surface area contributed by atoms with E-state index in [1.165, 1.54) is 24.9 Å². The predicted octanol–water partition coefficient (Wildman–Crippen LogP) is 4.60. The van der Waals surface area contributed by atoms with Crippen LogP contribution < -0.4 is 4.74 Å². The summed E-state index contributed by atoms with van der Waals surface area (Å²) in [4.78, 5) is 14.4. The van der Waals surface area contributed by atoms with Crippen molar-refractivity contribution in [1.82, 2.24) is 4.90 Å². The Bertz CT molecular complexity index is 762. The molecule has 1 aliphatic rings. The van der Waals surface area contributed by atoms with Gasteiger partial charge in [0.2, 0.25) is 0 Å². The average molecular weight is 367 g/mol. The molecule has 1 atom stereocenters. The number of benzene rings is 2. The van der Waals surface area contributed by atoms with Crippen LogP contribution in [0.25, 0.3) is 0 Å². The van der Waals surface area contributed by atoms with Crippen LogP contribution in [0.5, 0.6) is 5.75 Å². The first-order valence-electron chi connectivity index (χ1n) is 7.64. The molecule has 3 rings (SSSR count). The maximum atomic E-state index is 12.9. The SMILES string of the molecule is COc1ccc(C(=O)N2CCS[C@H]2c2cccc(C(F)(F)F)c2)cc1. The number of methoxy groups -OCH3 is 1. The molecule has 7 heteroatoms. The quantitative estimate of drug-likeness (QED) is 0.794. The number of rotatable bonds is 3. The predicted molar refractivity (Wildman–Crippen MR) is 90.7 cm³/mol. The third-order valence-electron chi connectivity index (χ3n) is 3.99. The van der Waals surface area contributed by atoms with Gasteiger partial charge in [-0.1, -0.05) is 12.1 Å². The lowest BCUT2D eigenvalue weighted by Crippen LogP contribution is -2.30. The van der Waals surface area contributed by atoms with Gasteiger partial charge in [-0.25, -0.2) is 0 Å². The lowest BCUT2D eigenvalue weighted by Gasteiger charge is -2.25. The molecule has 1 amide bonds. The van der Waals surface area contributed by atoms with Gasteiger partial charge in [0.05, 0.1) is 12.7 Å². The third kappa shape index (κ3) is 3.76. The number of nitrogens with zero attached hydrogens (tertiary/aromatic N) is 1. The van der Waals surface area contributed by atoms with E-state index in [1.54, 1.807) is 35.2 Å². The molecule has 0 aliphatic carbocycles. The van der Waals surface area contributed by atoms with Crippen molar-refractivity contribution in [3.63, 3.8) is 0 Å². The fourth-order valence-corrected chi connectivity index (χ4v) is 3.97. The van der Waals surface area contributed by atoms with Crippen LogP contribution >= 0.6 is 11.8 Å². The number of ether oxygens (including phenoxy) is 1. The summed E-state index contributed by atoms with van der Waals surface area (Å²) in [7, 11) is 1.54. The van der Waals surface area contributed by atoms with Crippen molar-refractivity contribution in [2.24, 2.45) is 0 Å². The van der Waals surface area contributed by atoms with E-state index in [4.69, 9.17) is 4.74 Å².